The fourth-order valence-corrected chi connectivity index (χ4v) is 7.71. The van der Waals surface area contributed by atoms with E-state index in [0.717, 1.165) is 33.1 Å². The summed E-state index contributed by atoms with van der Waals surface area (Å²) in [6.45, 7) is 2.19. The predicted molar refractivity (Wildman–Crippen MR) is 196 cm³/mol. The molecule has 10 aromatic rings. The second-order valence-electron chi connectivity index (χ2n) is 12.6. The summed E-state index contributed by atoms with van der Waals surface area (Å²) in [5, 5.41) is 12.7. The molecule has 1 aromatic heterocycles. The molecule has 0 N–H and O–H groups in total. The number of furan rings is 1. The Hall–Kier alpha value is -5.92. The van der Waals surface area contributed by atoms with Crippen molar-refractivity contribution in [2.45, 2.75) is 6.92 Å². The Morgan fingerprint density at radius 3 is 1.76 bits per heavy atom. The maximum Gasteiger partial charge on any atom is 0.143 e. The fourth-order valence-electron chi connectivity index (χ4n) is 7.71. The highest BCUT2D eigenvalue weighted by Gasteiger charge is 2.18. The second-order valence-corrected chi connectivity index (χ2v) is 12.6. The van der Waals surface area contributed by atoms with Gasteiger partial charge in [-0.05, 0) is 102 Å². The van der Waals surface area contributed by atoms with Crippen LogP contribution in [0.3, 0.4) is 0 Å². The highest BCUT2D eigenvalue weighted by Crippen LogP contribution is 2.45. The first kappa shape index (κ1) is 25.4. The van der Waals surface area contributed by atoms with E-state index in [1.165, 1.54) is 70.9 Å². The smallest absolute Gasteiger partial charge is 0.143 e. The number of para-hydroxylation sites is 2. The minimum atomic E-state index is 0.923. The molecule has 0 radical (unpaired) electrons. The lowest BCUT2D eigenvalue weighted by atomic mass is 9.84. The van der Waals surface area contributed by atoms with Crippen LogP contribution in [-0.2, 0) is 0 Å². The first-order chi connectivity index (χ1) is 22.7. The van der Waals surface area contributed by atoms with Crippen molar-refractivity contribution in [2.24, 2.45) is 0 Å². The van der Waals surface area contributed by atoms with Gasteiger partial charge in [0.15, 0.2) is 0 Å². The summed E-state index contributed by atoms with van der Waals surface area (Å²) >= 11 is 0. The molecule has 0 unspecified atom stereocenters. The molecule has 1 nitrogen and oxygen atoms in total. The number of aryl methyl sites for hydroxylation is 1. The molecule has 0 aliphatic heterocycles. The lowest BCUT2D eigenvalue weighted by molar-refractivity contribution is 0.670. The topological polar surface area (TPSA) is 13.1 Å². The van der Waals surface area contributed by atoms with Crippen LogP contribution in [0.2, 0.25) is 0 Å². The highest BCUT2D eigenvalue weighted by atomic mass is 16.3. The molecule has 0 bridgehead atoms. The van der Waals surface area contributed by atoms with Crippen LogP contribution in [0.4, 0.5) is 0 Å². The molecule has 0 saturated heterocycles. The number of benzene rings is 9. The van der Waals surface area contributed by atoms with Gasteiger partial charge in [-0.1, -0.05) is 133 Å². The zero-order valence-electron chi connectivity index (χ0n) is 25.3. The van der Waals surface area contributed by atoms with Gasteiger partial charge in [0, 0.05) is 16.3 Å². The lowest BCUT2D eigenvalue weighted by Gasteiger charge is -2.19. The molecule has 46 heavy (non-hydrogen) atoms. The second kappa shape index (κ2) is 9.54. The summed E-state index contributed by atoms with van der Waals surface area (Å²) in [4.78, 5) is 0. The van der Waals surface area contributed by atoms with Gasteiger partial charge in [-0.3, -0.25) is 0 Å². The van der Waals surface area contributed by atoms with Gasteiger partial charge in [-0.15, -0.1) is 0 Å². The van der Waals surface area contributed by atoms with Crippen LogP contribution in [-0.4, -0.2) is 0 Å². The van der Waals surface area contributed by atoms with Crippen LogP contribution in [0.1, 0.15) is 5.56 Å². The molecule has 9 aromatic carbocycles. The largest absolute Gasteiger partial charge is 0.455 e. The van der Waals surface area contributed by atoms with Crippen molar-refractivity contribution < 1.29 is 4.42 Å². The van der Waals surface area contributed by atoms with E-state index in [1.54, 1.807) is 0 Å². The van der Waals surface area contributed by atoms with E-state index in [2.05, 4.69) is 146 Å². The van der Waals surface area contributed by atoms with Gasteiger partial charge in [0.2, 0.25) is 0 Å². The molecular weight excluding hydrogens is 556 g/mol. The first-order valence-corrected chi connectivity index (χ1v) is 15.9. The Morgan fingerprint density at radius 1 is 0.370 bits per heavy atom. The van der Waals surface area contributed by atoms with Crippen molar-refractivity contribution >= 4 is 65.0 Å². The minimum absolute atomic E-state index is 0.923. The van der Waals surface area contributed by atoms with Crippen LogP contribution in [0.15, 0.2) is 156 Å². The Labute approximate surface area is 266 Å². The number of rotatable bonds is 3. The van der Waals surface area contributed by atoms with E-state index < -0.39 is 0 Å². The third-order valence-electron chi connectivity index (χ3n) is 9.83. The minimum Gasteiger partial charge on any atom is -0.455 e. The van der Waals surface area contributed by atoms with Gasteiger partial charge in [0.1, 0.15) is 11.2 Å². The molecule has 0 aliphatic carbocycles. The fraction of sp³-hybridized carbons (Fsp3) is 0.0222. The van der Waals surface area contributed by atoms with Crippen molar-refractivity contribution in [1.29, 1.82) is 0 Å². The zero-order valence-corrected chi connectivity index (χ0v) is 25.3. The predicted octanol–water partition coefficient (Wildman–Crippen LogP) is 12.9. The zero-order chi connectivity index (χ0) is 30.4. The average molecular weight is 585 g/mol. The van der Waals surface area contributed by atoms with E-state index >= 15 is 0 Å². The third kappa shape index (κ3) is 3.69. The lowest BCUT2D eigenvalue weighted by Crippen LogP contribution is -1.92. The molecule has 0 spiro atoms. The molecule has 1 heterocycles. The van der Waals surface area contributed by atoms with Crippen molar-refractivity contribution in [2.75, 3.05) is 0 Å². The van der Waals surface area contributed by atoms with Crippen LogP contribution < -0.4 is 0 Å². The van der Waals surface area contributed by atoms with Gasteiger partial charge in [0.25, 0.3) is 0 Å². The normalized spacial score (nSPS) is 12.0. The Balaban J connectivity index is 1.21. The molecule has 0 fully saturated rings. The van der Waals surface area contributed by atoms with E-state index in [4.69, 9.17) is 4.42 Å². The monoisotopic (exact) mass is 584 g/mol. The van der Waals surface area contributed by atoms with E-state index in [-0.39, 0.29) is 0 Å². The molecule has 0 amide bonds. The van der Waals surface area contributed by atoms with Gasteiger partial charge >= 0.3 is 0 Å². The third-order valence-corrected chi connectivity index (χ3v) is 9.83. The van der Waals surface area contributed by atoms with Crippen molar-refractivity contribution in [3.05, 3.63) is 157 Å². The SMILES string of the molecule is Cc1cc2ccc3c(-c4ccc(-c5cccc6c5oc5ccccc56)cc4)cc(-c4ccc5ccccc5c4)c4ccc(c1)c2c34. The van der Waals surface area contributed by atoms with Crippen molar-refractivity contribution in [3.63, 3.8) is 0 Å². The Bertz CT molecular complexity index is 2780. The summed E-state index contributed by atoms with van der Waals surface area (Å²) in [7, 11) is 0. The number of hydrogen-bond acceptors (Lipinski definition) is 1. The molecule has 1 heteroatoms. The van der Waals surface area contributed by atoms with E-state index in [1.807, 2.05) is 12.1 Å². The van der Waals surface area contributed by atoms with Crippen LogP contribution in [0.5, 0.6) is 0 Å². The standard InChI is InChI=1S/C45H28O/c1-27-23-33-19-21-37-40(30-16-14-29(15-17-30)35-10-6-11-39-36-9-4-5-12-42(36)46-45(35)39)26-41(38-22-20-34(24-27)43(33)44(37)38)32-18-13-28-7-2-3-8-31(28)25-32/h2-26H,1H3. The first-order valence-electron chi connectivity index (χ1n) is 15.9. The van der Waals surface area contributed by atoms with Crippen molar-refractivity contribution in [1.82, 2.24) is 0 Å². The summed E-state index contributed by atoms with van der Waals surface area (Å²) < 4.78 is 6.38. The molecule has 0 aliphatic rings. The maximum atomic E-state index is 6.38. The van der Waals surface area contributed by atoms with Gasteiger partial charge < -0.3 is 4.42 Å². The molecule has 0 atom stereocenters. The van der Waals surface area contributed by atoms with Crippen LogP contribution >= 0.6 is 0 Å². The van der Waals surface area contributed by atoms with Crippen molar-refractivity contribution in [3.8, 4) is 33.4 Å². The number of fused-ring (bicyclic) bond motifs is 4. The summed E-state index contributed by atoms with van der Waals surface area (Å²) in [5.74, 6) is 0. The maximum absolute atomic E-state index is 6.38. The Kier molecular flexibility index (Phi) is 5.27. The quantitative estimate of drug-likeness (QED) is 0.188. The highest BCUT2D eigenvalue weighted by molar-refractivity contribution is 6.28. The molecular formula is C45H28O. The van der Waals surface area contributed by atoms with Gasteiger partial charge in [-0.2, -0.15) is 0 Å². The van der Waals surface area contributed by atoms with E-state index in [0.29, 0.717) is 0 Å². The molecule has 214 valence electrons. The summed E-state index contributed by atoms with van der Waals surface area (Å²) in [6, 6.07) is 55.6. The summed E-state index contributed by atoms with van der Waals surface area (Å²) in [6.07, 6.45) is 0. The molecule has 0 saturated carbocycles. The van der Waals surface area contributed by atoms with Crippen LogP contribution in [0.25, 0.3) is 98.4 Å². The Morgan fingerprint density at radius 2 is 0.978 bits per heavy atom. The summed E-state index contributed by atoms with van der Waals surface area (Å²) in [5.41, 5.74) is 10.4. The molecule has 10 rings (SSSR count). The van der Waals surface area contributed by atoms with Crippen LogP contribution in [0, 0.1) is 6.92 Å². The van der Waals surface area contributed by atoms with Gasteiger partial charge in [0.05, 0.1) is 0 Å². The van der Waals surface area contributed by atoms with Gasteiger partial charge in [-0.25, -0.2) is 0 Å². The average Bonchev–Trinajstić information content (AvgIpc) is 3.49. The van der Waals surface area contributed by atoms with E-state index in [9.17, 15) is 0 Å². The number of hydrogen-bond donors (Lipinski definition) is 0.